The van der Waals surface area contributed by atoms with Gasteiger partial charge in [0, 0.05) is 177 Å². The molecule has 11 heteroatoms. The molecule has 0 aromatic rings. The van der Waals surface area contributed by atoms with E-state index >= 15 is 0 Å². The van der Waals surface area contributed by atoms with Gasteiger partial charge in [-0.15, -0.1) is 0 Å². The van der Waals surface area contributed by atoms with E-state index in [0.717, 1.165) is 0 Å². The van der Waals surface area contributed by atoms with Gasteiger partial charge in [-0.2, -0.15) is 0 Å². The topological polar surface area (TPSA) is 158 Å². The van der Waals surface area contributed by atoms with Crippen molar-refractivity contribution in [1.82, 2.24) is 0 Å². The Morgan fingerprint density at radius 3 is 0.182 bits per heavy atom. The summed E-state index contributed by atoms with van der Waals surface area (Å²) < 4.78 is 0. The van der Waals surface area contributed by atoms with Crippen molar-refractivity contribution in [2.24, 2.45) is 0 Å². The van der Waals surface area contributed by atoms with Crippen LogP contribution in [-0.4, -0.2) is 205 Å². The zero-order valence-corrected chi connectivity index (χ0v) is 20.5. The van der Waals surface area contributed by atoms with Crippen molar-refractivity contribution in [3.8, 4) is 0 Å². The summed E-state index contributed by atoms with van der Waals surface area (Å²) in [6.07, 6.45) is 0. The normalized spacial score (nSPS) is 0. The second-order valence-electron chi connectivity index (χ2n) is 0. The van der Waals surface area contributed by atoms with Gasteiger partial charge >= 0.3 is 0 Å². The summed E-state index contributed by atoms with van der Waals surface area (Å²) in [4.78, 5) is 0. The predicted octanol–water partition coefficient (Wildman–Crippen LogP) is -6.41. The van der Waals surface area contributed by atoms with E-state index in [-0.39, 0.29) is 205 Å². The Labute approximate surface area is 199 Å². The van der Waals surface area contributed by atoms with E-state index in [4.69, 9.17) is 0 Å². The monoisotopic (exact) mass is 228 g/mol. The summed E-state index contributed by atoms with van der Waals surface area (Å²) >= 11 is 0. The van der Waals surface area contributed by atoms with Crippen molar-refractivity contribution in [3.63, 3.8) is 0 Å². The first-order valence-electron chi connectivity index (χ1n) is 0. The largest absolute Gasteiger partial charge is 0.412 e. The molecule has 0 rings (SSSR count). The molecule has 6 radical (unpaired) electrons. The van der Waals surface area contributed by atoms with Gasteiger partial charge in [-0.1, -0.05) is 0 Å². The third kappa shape index (κ3) is 89.4. The molecule has 0 fully saturated rings. The second-order valence-corrected chi connectivity index (χ2v) is 0. The Morgan fingerprint density at radius 2 is 0.182 bits per heavy atom. The summed E-state index contributed by atoms with van der Waals surface area (Å²) in [5, 5.41) is 0. The first-order valence-corrected chi connectivity index (χ1v) is 0. The minimum atomic E-state index is 0. The molecule has 0 heterocycles. The molecule has 0 bridgehead atoms. The third-order valence-corrected chi connectivity index (χ3v) is 0. The van der Waals surface area contributed by atoms with Crippen molar-refractivity contribution in [1.29, 1.82) is 0 Å². The van der Waals surface area contributed by atoms with E-state index in [9.17, 15) is 0 Å². The molecule has 0 aliphatic rings. The van der Waals surface area contributed by atoms with Crippen molar-refractivity contribution in [2.45, 2.75) is 0 Å². The molecule has 46 valence electrons. The van der Waals surface area contributed by atoms with Gasteiger partial charge in [-0.05, 0) is 0 Å². The molecule has 5 nitrogen and oxygen atoms in total. The molecule has 0 aliphatic carbocycles. The van der Waals surface area contributed by atoms with Gasteiger partial charge in [0.25, 0.3) is 0 Å². The first kappa shape index (κ1) is 125. The molecule has 10 N–H and O–H groups in total. The predicted molar refractivity (Wildman–Crippen MR) is 52.6 cm³/mol. The summed E-state index contributed by atoms with van der Waals surface area (Å²) in [7, 11) is 0. The van der Waals surface area contributed by atoms with Gasteiger partial charge in [-0.3, -0.25) is 0 Å². The van der Waals surface area contributed by atoms with Crippen molar-refractivity contribution in [3.05, 3.63) is 0 Å². The van der Waals surface area contributed by atoms with E-state index in [1.807, 2.05) is 0 Å². The van der Waals surface area contributed by atoms with Crippen LogP contribution in [-0.2, 0) is 0 Å². The Morgan fingerprint density at radius 1 is 0.182 bits per heavy atom. The fourth-order valence-corrected chi connectivity index (χ4v) is 0. The average Bonchev–Trinajstić information content (AvgIpc) is 0. The van der Waals surface area contributed by atoms with Gasteiger partial charge in [0.1, 0.15) is 0 Å². The van der Waals surface area contributed by atoms with E-state index in [1.54, 1.807) is 0 Å². The molecule has 0 saturated carbocycles. The summed E-state index contributed by atoms with van der Waals surface area (Å²) in [6, 6.07) is 0. The molecule has 0 aromatic heterocycles. The SMILES string of the molecule is O.O.O.O.O.[Na].[Na].[Na].[Na].[Na].[Na]. The third-order valence-electron chi connectivity index (χ3n) is 0. The standard InChI is InChI=1S/6Na.5H2O/h;;;;;;5*1H2. The van der Waals surface area contributed by atoms with Gasteiger partial charge in [0.2, 0.25) is 0 Å². The Bertz CT molecular complexity index is 10.9. The van der Waals surface area contributed by atoms with Crippen LogP contribution in [0.1, 0.15) is 0 Å². The number of rotatable bonds is 0. The molecule has 0 aromatic carbocycles. The second kappa shape index (κ2) is 103. The number of hydrogen-bond donors (Lipinski definition) is 0. The maximum Gasteiger partial charge on any atom is 0 e. The first-order chi connectivity index (χ1) is 0. The molecule has 0 saturated heterocycles. The van der Waals surface area contributed by atoms with Crippen LogP contribution in [0.3, 0.4) is 0 Å². The van der Waals surface area contributed by atoms with Crippen molar-refractivity contribution in [2.75, 3.05) is 0 Å². The molecule has 0 spiro atoms. The van der Waals surface area contributed by atoms with Crippen LogP contribution in [0.15, 0.2) is 0 Å². The average molecular weight is 228 g/mol. The van der Waals surface area contributed by atoms with Crippen molar-refractivity contribution < 1.29 is 27.4 Å². The van der Waals surface area contributed by atoms with Gasteiger partial charge < -0.3 is 27.4 Å². The smallest absolute Gasteiger partial charge is 0 e. The fraction of sp³-hybridized carbons (Fsp3) is 0. The molecule has 0 aliphatic heterocycles. The molecule has 11 heavy (non-hydrogen) atoms. The zero-order chi connectivity index (χ0) is 0. The van der Waals surface area contributed by atoms with Crippen LogP contribution in [0.2, 0.25) is 0 Å². The van der Waals surface area contributed by atoms with Gasteiger partial charge in [-0.25, -0.2) is 0 Å². The van der Waals surface area contributed by atoms with E-state index in [2.05, 4.69) is 0 Å². The fourth-order valence-electron chi connectivity index (χ4n) is 0. The molecule has 0 unspecified atom stereocenters. The summed E-state index contributed by atoms with van der Waals surface area (Å²) in [5.41, 5.74) is 0. The van der Waals surface area contributed by atoms with Crippen LogP contribution in [0.25, 0.3) is 0 Å². The minimum absolute atomic E-state index is 0. The summed E-state index contributed by atoms with van der Waals surface area (Å²) in [5.74, 6) is 0. The van der Waals surface area contributed by atoms with Crippen LogP contribution in [0, 0.1) is 0 Å². The van der Waals surface area contributed by atoms with Gasteiger partial charge in [0.05, 0.1) is 0 Å². The maximum atomic E-state index is 0. The quantitative estimate of drug-likeness (QED) is 0.361. The van der Waals surface area contributed by atoms with Crippen molar-refractivity contribution >= 4 is 177 Å². The molecular weight excluding hydrogens is 218 g/mol. The molecule has 0 amide bonds. The number of hydrogen-bond acceptors (Lipinski definition) is 0. The van der Waals surface area contributed by atoms with E-state index < -0.39 is 0 Å². The summed E-state index contributed by atoms with van der Waals surface area (Å²) in [6.45, 7) is 0. The van der Waals surface area contributed by atoms with Crippen LogP contribution >= 0.6 is 0 Å². The van der Waals surface area contributed by atoms with Crippen LogP contribution in [0.5, 0.6) is 0 Å². The minimum Gasteiger partial charge on any atom is -0.412 e. The molecule has 0 atom stereocenters. The Kier molecular flexibility index (Phi) is 1170. The van der Waals surface area contributed by atoms with E-state index in [0.29, 0.717) is 0 Å². The Hall–Kier alpha value is 5.80. The zero-order valence-electron chi connectivity index (χ0n) is 8.50. The van der Waals surface area contributed by atoms with Crippen LogP contribution < -0.4 is 0 Å². The molecular formula is H10Na6O5. The van der Waals surface area contributed by atoms with E-state index in [1.165, 1.54) is 0 Å². The maximum absolute atomic E-state index is 0. The van der Waals surface area contributed by atoms with Crippen LogP contribution in [0.4, 0.5) is 0 Å². The van der Waals surface area contributed by atoms with Gasteiger partial charge in [0.15, 0.2) is 0 Å². The Balaban J connectivity index is 0.